The normalized spacial score (nSPS) is 21.7. The van der Waals surface area contributed by atoms with Crippen LogP contribution in [0.5, 0.6) is 11.5 Å². The number of benzene rings is 3. The van der Waals surface area contributed by atoms with Gasteiger partial charge in [-0.3, -0.25) is 10.1 Å². The Labute approximate surface area is 218 Å². The minimum Gasteiger partial charge on any atom is -0.465 e. The van der Waals surface area contributed by atoms with Crippen molar-refractivity contribution in [2.45, 2.75) is 24.4 Å². The van der Waals surface area contributed by atoms with E-state index in [1.165, 1.54) is 13.2 Å². The minimum atomic E-state index is -0.647. The molecule has 0 radical (unpaired) electrons. The molecule has 10 nitrogen and oxygen atoms in total. The van der Waals surface area contributed by atoms with Gasteiger partial charge in [-0.25, -0.2) is 9.59 Å². The Bertz CT molecular complexity index is 1300. The van der Waals surface area contributed by atoms with Crippen LogP contribution in [0.2, 0.25) is 0 Å². The minimum absolute atomic E-state index is 0.136. The molecular formula is C28H26N2O8. The number of para-hydroxylation sites is 1. The van der Waals surface area contributed by atoms with E-state index in [0.29, 0.717) is 22.7 Å². The van der Waals surface area contributed by atoms with Gasteiger partial charge in [-0.2, -0.15) is 0 Å². The molecule has 2 aliphatic heterocycles. The number of esters is 1. The molecule has 38 heavy (non-hydrogen) atoms. The van der Waals surface area contributed by atoms with E-state index in [2.05, 4.69) is 10.6 Å². The Kier molecular flexibility index (Phi) is 7.52. The number of amides is 2. The van der Waals surface area contributed by atoms with Crippen molar-refractivity contribution >= 4 is 23.7 Å². The highest BCUT2D eigenvalue weighted by Crippen LogP contribution is 2.30. The van der Waals surface area contributed by atoms with Crippen LogP contribution in [0.3, 0.4) is 0 Å². The van der Waals surface area contributed by atoms with Crippen LogP contribution in [0.1, 0.15) is 20.7 Å². The number of fused-ring (bicyclic) bond motifs is 1. The molecule has 0 aromatic heterocycles. The molecule has 2 heterocycles. The molecule has 2 amide bonds. The quantitative estimate of drug-likeness (QED) is 0.454. The smallest absolute Gasteiger partial charge is 0.412 e. The molecular weight excluding hydrogens is 492 g/mol. The molecule has 0 aliphatic carbocycles. The second-order valence-electron chi connectivity index (χ2n) is 8.76. The summed E-state index contributed by atoms with van der Waals surface area (Å²) in [7, 11) is 1.28. The van der Waals surface area contributed by atoms with E-state index in [-0.39, 0.29) is 24.7 Å². The molecule has 10 heteroatoms. The predicted octanol–water partition coefficient (Wildman–Crippen LogP) is 3.78. The summed E-state index contributed by atoms with van der Waals surface area (Å²) in [6, 6.07) is 22.1. The third-order valence-corrected chi connectivity index (χ3v) is 6.21. The zero-order valence-electron chi connectivity index (χ0n) is 20.5. The van der Waals surface area contributed by atoms with E-state index in [4.69, 9.17) is 23.7 Å². The first-order valence-electron chi connectivity index (χ1n) is 12.0. The number of nitrogens with one attached hydrogen (secondary N) is 2. The number of carbonyl (C=O) groups excluding carboxylic acids is 3. The van der Waals surface area contributed by atoms with Crippen LogP contribution in [0.4, 0.5) is 10.5 Å². The SMILES string of the molecule is COC(=O)c1cccc(C(=O)N[C@H]2CO[C@H]3[C@@H]2OC[C@H]3OC(=O)Nc2ccc(Oc3ccccc3)cc2)c1. The van der Waals surface area contributed by atoms with E-state index in [1.54, 1.807) is 42.5 Å². The van der Waals surface area contributed by atoms with Crippen LogP contribution in [-0.4, -0.2) is 62.6 Å². The second kappa shape index (κ2) is 11.3. The van der Waals surface area contributed by atoms with Crippen molar-refractivity contribution in [3.05, 3.63) is 90.0 Å². The lowest BCUT2D eigenvalue weighted by Crippen LogP contribution is -2.44. The van der Waals surface area contributed by atoms with Crippen LogP contribution in [0.15, 0.2) is 78.9 Å². The molecule has 2 aliphatic rings. The van der Waals surface area contributed by atoms with Gasteiger partial charge >= 0.3 is 12.1 Å². The Morgan fingerprint density at radius 2 is 1.53 bits per heavy atom. The van der Waals surface area contributed by atoms with Crippen LogP contribution in [-0.2, 0) is 18.9 Å². The molecule has 3 aromatic rings. The molecule has 0 bridgehead atoms. The highest BCUT2D eigenvalue weighted by molar-refractivity contribution is 5.98. The molecule has 3 aromatic carbocycles. The molecule has 2 saturated heterocycles. The van der Waals surface area contributed by atoms with E-state index >= 15 is 0 Å². The lowest BCUT2D eigenvalue weighted by Gasteiger charge is -2.18. The molecule has 5 rings (SSSR count). The van der Waals surface area contributed by atoms with Crippen molar-refractivity contribution < 1.29 is 38.1 Å². The molecule has 196 valence electrons. The van der Waals surface area contributed by atoms with Gasteiger partial charge in [0.2, 0.25) is 0 Å². The summed E-state index contributed by atoms with van der Waals surface area (Å²) in [5.41, 5.74) is 1.12. The van der Waals surface area contributed by atoms with Crippen LogP contribution in [0.25, 0.3) is 0 Å². The van der Waals surface area contributed by atoms with Crippen LogP contribution in [0, 0.1) is 0 Å². The Morgan fingerprint density at radius 1 is 0.816 bits per heavy atom. The molecule has 0 spiro atoms. The van der Waals surface area contributed by atoms with E-state index in [1.807, 2.05) is 30.3 Å². The third-order valence-electron chi connectivity index (χ3n) is 6.21. The van der Waals surface area contributed by atoms with E-state index < -0.39 is 36.4 Å². The second-order valence-corrected chi connectivity index (χ2v) is 8.76. The molecule has 0 saturated carbocycles. The maximum atomic E-state index is 12.8. The Morgan fingerprint density at radius 3 is 2.29 bits per heavy atom. The van der Waals surface area contributed by atoms with Crippen molar-refractivity contribution in [2.75, 3.05) is 25.6 Å². The summed E-state index contributed by atoms with van der Waals surface area (Å²) in [6.45, 7) is 0.332. The van der Waals surface area contributed by atoms with Gasteiger partial charge in [0.25, 0.3) is 5.91 Å². The summed E-state index contributed by atoms with van der Waals surface area (Å²) in [4.78, 5) is 37.0. The summed E-state index contributed by atoms with van der Waals surface area (Å²) in [6.07, 6.45) is -2.28. The number of rotatable bonds is 7. The summed E-state index contributed by atoms with van der Waals surface area (Å²) >= 11 is 0. The van der Waals surface area contributed by atoms with Gasteiger partial charge in [-0.15, -0.1) is 0 Å². The predicted molar refractivity (Wildman–Crippen MR) is 135 cm³/mol. The first kappa shape index (κ1) is 25.2. The summed E-state index contributed by atoms with van der Waals surface area (Å²) in [5.74, 6) is 0.434. The molecule has 0 unspecified atom stereocenters. The fourth-order valence-corrected chi connectivity index (χ4v) is 4.36. The van der Waals surface area contributed by atoms with E-state index in [0.717, 1.165) is 0 Å². The summed E-state index contributed by atoms with van der Waals surface area (Å²) < 4.78 is 27.6. The van der Waals surface area contributed by atoms with Gasteiger partial charge < -0.3 is 29.0 Å². The fraction of sp³-hybridized carbons (Fsp3) is 0.250. The largest absolute Gasteiger partial charge is 0.465 e. The highest BCUT2D eigenvalue weighted by atomic mass is 16.6. The number of carbonyl (C=O) groups is 3. The fourth-order valence-electron chi connectivity index (χ4n) is 4.36. The van der Waals surface area contributed by atoms with Crippen molar-refractivity contribution in [1.82, 2.24) is 5.32 Å². The van der Waals surface area contributed by atoms with Gasteiger partial charge in [0, 0.05) is 11.3 Å². The molecule has 4 atom stereocenters. The molecule has 2 fully saturated rings. The van der Waals surface area contributed by atoms with Gasteiger partial charge in [0.1, 0.15) is 23.7 Å². The van der Waals surface area contributed by atoms with Crippen LogP contribution < -0.4 is 15.4 Å². The first-order valence-corrected chi connectivity index (χ1v) is 12.0. The molecule has 2 N–H and O–H groups in total. The Balaban J connectivity index is 1.12. The van der Waals surface area contributed by atoms with Crippen molar-refractivity contribution in [3.63, 3.8) is 0 Å². The van der Waals surface area contributed by atoms with Gasteiger partial charge in [0.05, 0.1) is 31.9 Å². The van der Waals surface area contributed by atoms with Gasteiger partial charge in [-0.05, 0) is 54.6 Å². The topological polar surface area (TPSA) is 121 Å². The Hall–Kier alpha value is -4.41. The maximum absolute atomic E-state index is 12.8. The zero-order valence-corrected chi connectivity index (χ0v) is 20.5. The maximum Gasteiger partial charge on any atom is 0.412 e. The van der Waals surface area contributed by atoms with Crippen molar-refractivity contribution in [1.29, 1.82) is 0 Å². The van der Waals surface area contributed by atoms with E-state index in [9.17, 15) is 14.4 Å². The van der Waals surface area contributed by atoms with Gasteiger partial charge in [0.15, 0.2) is 6.10 Å². The van der Waals surface area contributed by atoms with Crippen molar-refractivity contribution in [2.24, 2.45) is 0 Å². The third kappa shape index (κ3) is 5.77. The lowest BCUT2D eigenvalue weighted by atomic mass is 10.1. The standard InChI is InChI=1S/C28H26N2O8/c1-34-27(32)18-7-5-6-17(14-18)26(31)30-22-15-35-25-23(16-36-24(22)25)38-28(33)29-19-10-12-21(13-11-19)37-20-8-3-2-4-9-20/h2-14,22-25H,15-16H2,1H3,(H,29,33)(H,30,31)/t22-,23+,24+,25+/m0/s1. The number of ether oxygens (including phenoxy) is 5. The zero-order chi connectivity index (χ0) is 26.5. The average Bonchev–Trinajstić information content (AvgIpc) is 3.53. The van der Waals surface area contributed by atoms with Crippen molar-refractivity contribution in [3.8, 4) is 11.5 Å². The highest BCUT2D eigenvalue weighted by Gasteiger charge is 2.50. The first-order chi connectivity index (χ1) is 18.5. The van der Waals surface area contributed by atoms with Crippen LogP contribution >= 0.6 is 0 Å². The number of methoxy groups -OCH3 is 1. The average molecular weight is 519 g/mol. The lowest BCUT2D eigenvalue weighted by molar-refractivity contribution is 0.00861. The number of hydrogen-bond donors (Lipinski definition) is 2. The summed E-state index contributed by atoms with van der Waals surface area (Å²) in [5, 5.41) is 5.57. The number of hydrogen-bond acceptors (Lipinski definition) is 8. The van der Waals surface area contributed by atoms with Gasteiger partial charge in [-0.1, -0.05) is 24.3 Å². The number of anilines is 1. The monoisotopic (exact) mass is 518 g/mol.